The van der Waals surface area contributed by atoms with E-state index in [0.717, 1.165) is 6.41 Å². The summed E-state index contributed by atoms with van der Waals surface area (Å²) in [5.74, 6) is 0. The van der Waals surface area contributed by atoms with E-state index in [4.69, 9.17) is 0 Å². The maximum atomic E-state index is 9.43. The van der Waals surface area contributed by atoms with Gasteiger partial charge in [-0.2, -0.15) is 0 Å². The molecule has 0 fully saturated rings. The zero-order valence-electron chi connectivity index (χ0n) is 39.4. The van der Waals surface area contributed by atoms with Crippen molar-refractivity contribution < 1.29 is 49.1 Å². The predicted molar refractivity (Wildman–Crippen MR) is 281 cm³/mol. The van der Waals surface area contributed by atoms with Gasteiger partial charge in [-0.3, -0.25) is 4.79 Å². The molecule has 8 aromatic rings. The molecule has 0 atom stereocenters. The number of amides is 1. The summed E-state index contributed by atoms with van der Waals surface area (Å²) in [6.45, 7) is 0. The van der Waals surface area contributed by atoms with Gasteiger partial charge in [-0.1, -0.05) is 121 Å². The van der Waals surface area contributed by atoms with Gasteiger partial charge in [0.25, 0.3) is 0 Å². The zero-order valence-corrected chi connectivity index (χ0v) is 44.4. The Hall–Kier alpha value is -4.99. The van der Waals surface area contributed by atoms with E-state index in [1.807, 2.05) is 0 Å². The summed E-state index contributed by atoms with van der Waals surface area (Å²) >= 11 is 0. The summed E-state index contributed by atoms with van der Waals surface area (Å²) in [6, 6.07) is 64.6. The topological polar surface area (TPSA) is 33.3 Å². The first-order chi connectivity index (χ1) is 30.4. The summed E-state index contributed by atoms with van der Waals surface area (Å²) in [5, 5.41) is 13.1. The van der Waals surface area contributed by atoms with Crippen LogP contribution in [-0.2, 0) is 24.3 Å². The van der Waals surface area contributed by atoms with Gasteiger partial charge < -0.3 is 49.3 Å². The minimum atomic E-state index is -0.987. The first kappa shape index (κ1) is 53.6. The van der Waals surface area contributed by atoms with Crippen molar-refractivity contribution in [2.75, 3.05) is 90.1 Å². The monoisotopic (exact) mass is 1040 g/mol. The van der Waals surface area contributed by atoms with Crippen LogP contribution in [0.4, 0.5) is 22.7 Å². The average Bonchev–Trinajstić information content (AvgIpc) is 3.30. The third-order valence-electron chi connectivity index (χ3n) is 11.3. The fraction of sp³-hybridized carbons (Fsp3) is 0.182. The first-order valence-corrected chi connectivity index (χ1v) is 23.9. The molecule has 0 bridgehead atoms. The molecule has 0 heterocycles. The first-order valence-electron chi connectivity index (χ1n) is 21.2. The molecule has 0 radical (unpaired) electrons. The van der Waals surface area contributed by atoms with Gasteiger partial charge in [-0.15, -0.1) is 0 Å². The number of hydrogen-bond acceptors (Lipinski definition) is 5. The van der Waals surface area contributed by atoms with Crippen LogP contribution in [-0.4, -0.2) is 81.8 Å². The fourth-order valence-electron chi connectivity index (χ4n) is 7.87. The fourth-order valence-corrected chi connectivity index (χ4v) is 12.7. The van der Waals surface area contributed by atoms with Crippen LogP contribution in [0.2, 0.25) is 0 Å². The molecule has 66 heavy (non-hydrogen) atoms. The number of anilines is 4. The van der Waals surface area contributed by atoms with Gasteiger partial charge in [0.05, 0.1) is 0 Å². The minimum absolute atomic E-state index is 0. The third-order valence-corrected chi connectivity index (χ3v) is 16.2. The van der Waals surface area contributed by atoms with Gasteiger partial charge in [-0.05, 0) is 129 Å². The van der Waals surface area contributed by atoms with Crippen molar-refractivity contribution in [3.8, 4) is 11.1 Å². The van der Waals surface area contributed by atoms with E-state index in [2.05, 4.69) is 246 Å². The Morgan fingerprint density at radius 2 is 0.591 bits per heavy atom. The maximum absolute atomic E-state index is 9.43. The van der Waals surface area contributed by atoms with Crippen molar-refractivity contribution in [2.45, 2.75) is 0 Å². The number of halogens is 2. The Bertz CT molecular complexity index is 2510. The second-order valence-corrected chi connectivity index (χ2v) is 21.1. The Morgan fingerprint density at radius 1 is 0.348 bits per heavy atom. The molecule has 0 saturated heterocycles. The van der Waals surface area contributed by atoms with Crippen LogP contribution in [0.1, 0.15) is 0 Å². The quantitative estimate of drug-likeness (QED) is 0.107. The molecular formula is C55H59Cl2N5OP2Ru. The summed E-state index contributed by atoms with van der Waals surface area (Å²) in [6.07, 6.45) is 0.750. The summed E-state index contributed by atoms with van der Waals surface area (Å²) < 4.78 is 0. The molecule has 0 spiro atoms. The molecule has 0 saturated carbocycles. The summed E-state index contributed by atoms with van der Waals surface area (Å²) in [5.41, 5.74) is 7.44. The van der Waals surface area contributed by atoms with Crippen molar-refractivity contribution in [3.05, 3.63) is 170 Å². The molecule has 0 aliphatic carbocycles. The van der Waals surface area contributed by atoms with Gasteiger partial charge in [-0.25, -0.2) is 0 Å². The second kappa shape index (κ2) is 24.2. The molecular weight excluding hydrogens is 981 g/mol. The normalized spacial score (nSPS) is 10.5. The number of carbonyl (C=O) groups excluding carboxylic acids is 1. The van der Waals surface area contributed by atoms with Crippen LogP contribution < -0.4 is 76.2 Å². The van der Waals surface area contributed by atoms with Gasteiger partial charge in [0, 0.05) is 93.2 Å². The summed E-state index contributed by atoms with van der Waals surface area (Å²) in [4.78, 5) is 19.6. The molecule has 8 rings (SSSR count). The Morgan fingerprint density at radius 3 is 0.818 bits per heavy atom. The number of carbonyl (C=O) groups is 1. The molecule has 0 N–H and O–H groups in total. The van der Waals surface area contributed by atoms with Gasteiger partial charge in [0.15, 0.2) is 0 Å². The van der Waals surface area contributed by atoms with Crippen LogP contribution in [0.15, 0.2) is 170 Å². The molecule has 0 aromatic heterocycles. The maximum Gasteiger partial charge on any atom is 2.00 e. The van der Waals surface area contributed by atoms with Gasteiger partial charge in [0.1, 0.15) is 0 Å². The van der Waals surface area contributed by atoms with Crippen molar-refractivity contribution in [1.82, 2.24) is 4.90 Å². The second-order valence-electron chi connectivity index (χ2n) is 16.7. The van der Waals surface area contributed by atoms with Crippen LogP contribution in [0.5, 0.6) is 0 Å². The third kappa shape index (κ3) is 11.9. The zero-order chi connectivity index (χ0) is 44.8. The van der Waals surface area contributed by atoms with E-state index in [-0.39, 0.29) is 44.3 Å². The van der Waals surface area contributed by atoms with Gasteiger partial charge in [0.2, 0.25) is 6.41 Å². The number of benzene rings is 8. The molecule has 0 unspecified atom stereocenters. The molecule has 11 heteroatoms. The molecule has 0 aliphatic heterocycles. The van der Waals surface area contributed by atoms with E-state index < -0.39 is 15.8 Å². The SMILES string of the molecule is CN(C)C=O.CN(C)c1ccc(P(c2ccc(N(C)C)cc2)c2ccc3ccccc3c2-c2c(P(c3ccc(N(C)C)cc3)c3ccc(N(C)C)cc3)ccc3ccccc23)cc1.[Cl-].[Cl-].[Ru+2]. The van der Waals surface area contributed by atoms with Crippen LogP contribution in [0.25, 0.3) is 32.7 Å². The van der Waals surface area contributed by atoms with Crippen LogP contribution in [0.3, 0.4) is 0 Å². The van der Waals surface area contributed by atoms with Crippen molar-refractivity contribution in [3.63, 3.8) is 0 Å². The van der Waals surface area contributed by atoms with Crippen molar-refractivity contribution >= 4 is 98.4 Å². The minimum Gasteiger partial charge on any atom is -1.00 e. The van der Waals surface area contributed by atoms with E-state index in [1.165, 1.54) is 92.1 Å². The number of hydrogen-bond donors (Lipinski definition) is 0. The van der Waals surface area contributed by atoms with E-state index >= 15 is 0 Å². The average molecular weight is 1040 g/mol. The predicted octanol–water partition coefficient (Wildman–Crippen LogP) is 3.15. The number of nitrogens with zero attached hydrogens (tertiary/aromatic N) is 5. The molecule has 0 aliphatic rings. The van der Waals surface area contributed by atoms with Crippen molar-refractivity contribution in [2.24, 2.45) is 0 Å². The number of fused-ring (bicyclic) bond motifs is 2. The van der Waals surface area contributed by atoms with Crippen LogP contribution in [0, 0.1) is 0 Å². The van der Waals surface area contributed by atoms with Crippen LogP contribution >= 0.6 is 15.8 Å². The Labute approximate surface area is 420 Å². The smallest absolute Gasteiger partial charge is 1.00 e. The van der Waals surface area contributed by atoms with Crippen molar-refractivity contribution in [1.29, 1.82) is 0 Å². The Kier molecular flexibility index (Phi) is 19.6. The number of rotatable bonds is 12. The van der Waals surface area contributed by atoms with Gasteiger partial charge >= 0.3 is 19.5 Å². The molecule has 1 amide bonds. The Balaban J connectivity index is 0.00000113. The van der Waals surface area contributed by atoms with E-state index in [0.29, 0.717) is 0 Å². The van der Waals surface area contributed by atoms with E-state index in [9.17, 15) is 4.79 Å². The largest absolute Gasteiger partial charge is 2.00 e. The standard InChI is InChI=1S/C52H52N4P2.C3H7NO.2ClH.Ru/c1-53(2)39-19-27-43(28-20-39)57(44-29-21-40(22-30-44)54(3)4)49-35-17-37-13-9-11-15-47(37)51(49)52-48-16-12-10-14-38(48)18-36-50(52)58(45-31-23-41(24-32-45)55(5)6)46-33-25-42(26-34-46)56(7)8;1-4(2)3-5;;;/h9-36H,1-8H3;3H,1-2H3;2*1H;/q;;;;+2/p-2. The molecule has 8 aromatic carbocycles. The molecule has 6 nitrogen and oxygen atoms in total. The van der Waals surface area contributed by atoms with E-state index in [1.54, 1.807) is 14.1 Å². The molecule has 342 valence electrons. The summed E-state index contributed by atoms with van der Waals surface area (Å²) in [7, 11) is 18.3.